The average Bonchev–Trinajstić information content (AvgIpc) is 2.83. The minimum absolute atomic E-state index is 0.125. The number of Topliss-reactive ketones (excluding diaryl/α,β-unsaturated/α-hetero) is 1. The van der Waals surface area contributed by atoms with E-state index in [2.05, 4.69) is 54.6 Å². The lowest BCUT2D eigenvalue weighted by Crippen LogP contribution is -2.33. The first kappa shape index (κ1) is 22.9. The Bertz CT molecular complexity index is 986. The molecular weight excluding hydrogens is 392 g/mol. The second-order valence-corrected chi connectivity index (χ2v) is 7.68. The summed E-state index contributed by atoms with van der Waals surface area (Å²) in [5.41, 5.74) is 1.85. The molecule has 1 fully saturated rings. The van der Waals surface area contributed by atoms with Crippen LogP contribution in [-0.4, -0.2) is 36.3 Å². The summed E-state index contributed by atoms with van der Waals surface area (Å²) in [6.45, 7) is 0.271. The van der Waals surface area contributed by atoms with Crippen molar-refractivity contribution < 1.29 is 24.5 Å². The molecule has 0 aromatic heterocycles. The van der Waals surface area contributed by atoms with Crippen molar-refractivity contribution in [1.82, 2.24) is 0 Å². The summed E-state index contributed by atoms with van der Waals surface area (Å²) < 4.78 is 11.9. The van der Waals surface area contributed by atoms with Crippen LogP contribution in [0.1, 0.15) is 36.8 Å². The number of aliphatic hydroxyl groups excluding tert-OH is 2. The van der Waals surface area contributed by atoms with Crippen LogP contribution in [0.4, 0.5) is 0 Å². The molecule has 0 spiro atoms. The average molecular weight is 423 g/mol. The lowest BCUT2D eigenvalue weighted by molar-refractivity contribution is -0.127. The molecule has 0 amide bonds. The van der Waals surface area contributed by atoms with Crippen molar-refractivity contribution in [2.75, 3.05) is 20.3 Å². The Kier molecular flexibility index (Phi) is 8.18. The van der Waals surface area contributed by atoms with E-state index in [1.165, 1.54) is 10.8 Å². The standard InChI is InChI=1S/C24H24O3.C2H6O2/c1-26-24(13-11-22(25)12-14-24)21-7-4-8-23(16-21)27-17-18-9-10-19-5-2-3-6-20(19)15-18;3-1-2-4/h2-10,15-16H,11-14,17H2,1H3;3-4H,1-2H2. The monoisotopic (exact) mass is 422 g/mol. The van der Waals surface area contributed by atoms with Gasteiger partial charge >= 0.3 is 0 Å². The largest absolute Gasteiger partial charge is 0.489 e. The van der Waals surface area contributed by atoms with Gasteiger partial charge in [-0.3, -0.25) is 4.79 Å². The summed E-state index contributed by atoms with van der Waals surface area (Å²) in [4.78, 5) is 11.6. The van der Waals surface area contributed by atoms with Crippen molar-refractivity contribution in [2.45, 2.75) is 37.9 Å². The van der Waals surface area contributed by atoms with Crippen molar-refractivity contribution in [1.29, 1.82) is 0 Å². The number of ketones is 1. The van der Waals surface area contributed by atoms with Crippen LogP contribution in [0.15, 0.2) is 66.7 Å². The Balaban J connectivity index is 0.000000628. The zero-order valence-corrected chi connectivity index (χ0v) is 17.9. The number of aliphatic hydroxyl groups is 2. The quantitative estimate of drug-likeness (QED) is 0.617. The lowest BCUT2D eigenvalue weighted by atomic mass is 9.79. The van der Waals surface area contributed by atoms with Crippen LogP contribution in [0, 0.1) is 0 Å². The third-order valence-electron chi connectivity index (χ3n) is 5.69. The van der Waals surface area contributed by atoms with E-state index in [0.717, 1.165) is 29.7 Å². The first-order valence-corrected chi connectivity index (χ1v) is 10.6. The fraction of sp³-hybridized carbons (Fsp3) is 0.346. The van der Waals surface area contributed by atoms with Gasteiger partial charge in [-0.15, -0.1) is 0 Å². The molecule has 3 aromatic rings. The molecule has 1 aliphatic rings. The fourth-order valence-electron chi connectivity index (χ4n) is 3.91. The van der Waals surface area contributed by atoms with Crippen LogP contribution < -0.4 is 4.74 Å². The number of hydrogen-bond acceptors (Lipinski definition) is 5. The summed E-state index contributed by atoms with van der Waals surface area (Å²) in [7, 11) is 1.73. The predicted octanol–water partition coefficient (Wildman–Crippen LogP) is 4.37. The molecule has 164 valence electrons. The van der Waals surface area contributed by atoms with Crippen molar-refractivity contribution in [3.05, 3.63) is 77.9 Å². The highest BCUT2D eigenvalue weighted by Crippen LogP contribution is 2.40. The van der Waals surface area contributed by atoms with Crippen LogP contribution in [0.3, 0.4) is 0 Å². The van der Waals surface area contributed by atoms with Crippen molar-refractivity contribution >= 4 is 16.6 Å². The van der Waals surface area contributed by atoms with E-state index in [4.69, 9.17) is 19.7 Å². The highest BCUT2D eigenvalue weighted by molar-refractivity contribution is 5.83. The van der Waals surface area contributed by atoms with E-state index in [-0.39, 0.29) is 18.8 Å². The number of benzene rings is 3. The molecule has 0 heterocycles. The van der Waals surface area contributed by atoms with Gasteiger partial charge in [0, 0.05) is 20.0 Å². The van der Waals surface area contributed by atoms with E-state index in [9.17, 15) is 4.79 Å². The molecule has 0 bridgehead atoms. The second kappa shape index (κ2) is 11.0. The Morgan fingerprint density at radius 1 is 0.871 bits per heavy atom. The smallest absolute Gasteiger partial charge is 0.133 e. The third kappa shape index (κ3) is 5.91. The third-order valence-corrected chi connectivity index (χ3v) is 5.69. The van der Waals surface area contributed by atoms with Gasteiger partial charge in [0.05, 0.1) is 18.8 Å². The van der Waals surface area contributed by atoms with Crippen LogP contribution in [0.2, 0.25) is 0 Å². The molecule has 2 N–H and O–H groups in total. The summed E-state index contributed by atoms with van der Waals surface area (Å²) in [5, 5.41) is 17.7. The highest BCUT2D eigenvalue weighted by atomic mass is 16.5. The van der Waals surface area contributed by atoms with Gasteiger partial charge in [0.1, 0.15) is 18.1 Å². The topological polar surface area (TPSA) is 76.0 Å². The van der Waals surface area contributed by atoms with E-state index in [1.807, 2.05) is 12.1 Å². The van der Waals surface area contributed by atoms with Crippen LogP contribution in [0.25, 0.3) is 10.8 Å². The fourth-order valence-corrected chi connectivity index (χ4v) is 3.91. The van der Waals surface area contributed by atoms with Gasteiger partial charge in [-0.05, 0) is 52.9 Å². The summed E-state index contributed by atoms with van der Waals surface area (Å²) in [6.07, 6.45) is 2.62. The molecule has 31 heavy (non-hydrogen) atoms. The number of carbonyl (C=O) groups excluding carboxylic acids is 1. The van der Waals surface area contributed by atoms with Gasteiger partial charge in [-0.25, -0.2) is 0 Å². The first-order chi connectivity index (χ1) is 15.1. The molecule has 0 aliphatic heterocycles. The van der Waals surface area contributed by atoms with Crippen LogP contribution in [-0.2, 0) is 21.7 Å². The van der Waals surface area contributed by atoms with E-state index in [0.29, 0.717) is 25.2 Å². The van der Waals surface area contributed by atoms with Gasteiger partial charge in [0.25, 0.3) is 0 Å². The molecule has 1 saturated carbocycles. The minimum atomic E-state index is -0.379. The molecule has 1 aliphatic carbocycles. The molecule has 3 aromatic carbocycles. The molecule has 4 rings (SSSR count). The number of ether oxygens (including phenoxy) is 2. The molecular formula is C26H30O5. The molecule has 0 radical (unpaired) electrons. The second-order valence-electron chi connectivity index (χ2n) is 7.68. The van der Waals surface area contributed by atoms with Gasteiger partial charge < -0.3 is 19.7 Å². The molecule has 0 saturated heterocycles. The Hall–Kier alpha value is -2.73. The molecule has 5 heteroatoms. The Morgan fingerprint density at radius 2 is 1.58 bits per heavy atom. The minimum Gasteiger partial charge on any atom is -0.489 e. The van der Waals surface area contributed by atoms with Gasteiger partial charge in [-0.1, -0.05) is 48.5 Å². The van der Waals surface area contributed by atoms with Crippen LogP contribution >= 0.6 is 0 Å². The van der Waals surface area contributed by atoms with E-state index >= 15 is 0 Å². The summed E-state index contributed by atoms with van der Waals surface area (Å²) >= 11 is 0. The molecule has 0 atom stereocenters. The van der Waals surface area contributed by atoms with E-state index in [1.54, 1.807) is 7.11 Å². The number of hydrogen-bond donors (Lipinski definition) is 2. The number of fused-ring (bicyclic) bond motifs is 1. The Labute approximate surface area is 183 Å². The van der Waals surface area contributed by atoms with Gasteiger partial charge in [0.2, 0.25) is 0 Å². The summed E-state index contributed by atoms with van der Waals surface area (Å²) in [6, 6.07) is 22.8. The lowest BCUT2D eigenvalue weighted by Gasteiger charge is -2.36. The molecule has 0 unspecified atom stereocenters. The number of rotatable bonds is 6. The van der Waals surface area contributed by atoms with Crippen molar-refractivity contribution in [3.63, 3.8) is 0 Å². The Morgan fingerprint density at radius 3 is 2.26 bits per heavy atom. The zero-order valence-electron chi connectivity index (χ0n) is 17.9. The van der Waals surface area contributed by atoms with Crippen molar-refractivity contribution in [3.8, 4) is 5.75 Å². The van der Waals surface area contributed by atoms with Gasteiger partial charge in [-0.2, -0.15) is 0 Å². The zero-order chi connectivity index (χ0) is 22.1. The SMILES string of the molecule is COC1(c2cccc(OCc3ccc4ccccc4c3)c2)CCC(=O)CC1.OCCO. The highest BCUT2D eigenvalue weighted by Gasteiger charge is 2.36. The van der Waals surface area contributed by atoms with Crippen LogP contribution in [0.5, 0.6) is 5.75 Å². The van der Waals surface area contributed by atoms with Crippen molar-refractivity contribution in [2.24, 2.45) is 0 Å². The normalized spacial score (nSPS) is 15.3. The summed E-state index contributed by atoms with van der Waals surface area (Å²) in [5.74, 6) is 1.15. The van der Waals surface area contributed by atoms with E-state index < -0.39 is 0 Å². The maximum absolute atomic E-state index is 11.6. The first-order valence-electron chi connectivity index (χ1n) is 10.6. The maximum atomic E-state index is 11.6. The predicted molar refractivity (Wildman–Crippen MR) is 121 cm³/mol. The maximum Gasteiger partial charge on any atom is 0.133 e. The number of methoxy groups -OCH3 is 1. The number of carbonyl (C=O) groups is 1. The molecule has 5 nitrogen and oxygen atoms in total. The van der Waals surface area contributed by atoms with Gasteiger partial charge in [0.15, 0.2) is 0 Å².